The number of aromatic nitrogens is 2. The van der Waals surface area contributed by atoms with E-state index in [4.69, 9.17) is 4.74 Å². The van der Waals surface area contributed by atoms with Crippen LogP contribution in [0.2, 0.25) is 0 Å². The van der Waals surface area contributed by atoms with Crippen molar-refractivity contribution in [3.05, 3.63) is 31.6 Å². The molecule has 2 rings (SSSR count). The molecule has 1 N–H and O–H groups in total. The minimum atomic E-state index is 0.630. The van der Waals surface area contributed by atoms with Gasteiger partial charge in [0.2, 0.25) is 5.13 Å². The molecule has 0 aliphatic carbocycles. The van der Waals surface area contributed by atoms with Crippen molar-refractivity contribution in [2.24, 2.45) is 0 Å². The average Bonchev–Trinajstić information content (AvgIpc) is 2.76. The normalized spacial score (nSPS) is 10.5. The monoisotopic (exact) mass is 405 g/mol. The standard InChI is InChI=1S/C12H13Br2N3OS/c1-3-18-11-8(4-9(13)5-10(11)14)6-15-12-17-16-7(2)19-12/h4-5H,3,6H2,1-2H3,(H,15,17). The van der Waals surface area contributed by atoms with Crippen molar-refractivity contribution in [3.8, 4) is 5.75 Å². The van der Waals surface area contributed by atoms with Crippen LogP contribution in [0.15, 0.2) is 21.1 Å². The first-order chi connectivity index (χ1) is 9.10. The fourth-order valence-corrected chi connectivity index (χ4v) is 3.61. The number of benzene rings is 1. The van der Waals surface area contributed by atoms with Crippen molar-refractivity contribution in [1.29, 1.82) is 0 Å². The van der Waals surface area contributed by atoms with Gasteiger partial charge in [0, 0.05) is 16.6 Å². The third kappa shape index (κ3) is 3.90. The van der Waals surface area contributed by atoms with Crippen LogP contribution in [-0.2, 0) is 6.54 Å². The second-order valence-electron chi connectivity index (χ2n) is 3.79. The Morgan fingerprint density at radius 3 is 2.74 bits per heavy atom. The first-order valence-electron chi connectivity index (χ1n) is 5.75. The van der Waals surface area contributed by atoms with E-state index in [1.165, 1.54) is 11.3 Å². The quantitative estimate of drug-likeness (QED) is 0.800. The van der Waals surface area contributed by atoms with Gasteiger partial charge in [-0.05, 0) is 41.9 Å². The van der Waals surface area contributed by atoms with E-state index in [1.54, 1.807) is 0 Å². The van der Waals surface area contributed by atoms with Gasteiger partial charge >= 0.3 is 0 Å². The lowest BCUT2D eigenvalue weighted by atomic mass is 10.2. The molecular formula is C12H13Br2N3OS. The predicted octanol–water partition coefficient (Wildman–Crippen LogP) is 4.38. The van der Waals surface area contributed by atoms with E-state index in [0.29, 0.717) is 13.2 Å². The van der Waals surface area contributed by atoms with Gasteiger partial charge in [-0.15, -0.1) is 10.2 Å². The van der Waals surface area contributed by atoms with Crippen molar-refractivity contribution < 1.29 is 4.74 Å². The van der Waals surface area contributed by atoms with Gasteiger partial charge in [0.25, 0.3) is 0 Å². The lowest BCUT2D eigenvalue weighted by molar-refractivity contribution is 0.334. The molecule has 1 heterocycles. The van der Waals surface area contributed by atoms with Gasteiger partial charge in [0.15, 0.2) is 0 Å². The number of hydrogen-bond acceptors (Lipinski definition) is 5. The molecule has 1 aromatic carbocycles. The summed E-state index contributed by atoms with van der Waals surface area (Å²) >= 11 is 8.55. The molecule has 0 spiro atoms. The van der Waals surface area contributed by atoms with Crippen molar-refractivity contribution in [2.45, 2.75) is 20.4 Å². The smallest absolute Gasteiger partial charge is 0.205 e. The van der Waals surface area contributed by atoms with Crippen molar-refractivity contribution >= 4 is 48.3 Å². The summed E-state index contributed by atoms with van der Waals surface area (Å²) in [7, 11) is 0. The lowest BCUT2D eigenvalue weighted by Crippen LogP contribution is -2.04. The van der Waals surface area contributed by atoms with Crippen LogP contribution >= 0.6 is 43.2 Å². The number of rotatable bonds is 5. The van der Waals surface area contributed by atoms with Crippen molar-refractivity contribution in [2.75, 3.05) is 11.9 Å². The highest BCUT2D eigenvalue weighted by molar-refractivity contribution is 9.11. The number of aryl methyl sites for hydroxylation is 1. The van der Waals surface area contributed by atoms with Crippen molar-refractivity contribution in [1.82, 2.24) is 10.2 Å². The van der Waals surface area contributed by atoms with Crippen LogP contribution in [0.3, 0.4) is 0 Å². The number of ether oxygens (including phenoxy) is 1. The number of nitrogens with zero attached hydrogens (tertiary/aromatic N) is 2. The summed E-state index contributed by atoms with van der Waals surface area (Å²) in [4.78, 5) is 0. The number of nitrogens with one attached hydrogen (secondary N) is 1. The first-order valence-corrected chi connectivity index (χ1v) is 8.15. The van der Waals surface area contributed by atoms with Crippen LogP contribution in [0.1, 0.15) is 17.5 Å². The van der Waals surface area contributed by atoms with E-state index in [-0.39, 0.29) is 0 Å². The molecule has 0 fully saturated rings. The van der Waals surface area contributed by atoms with Gasteiger partial charge in [-0.1, -0.05) is 27.3 Å². The van der Waals surface area contributed by atoms with E-state index >= 15 is 0 Å². The molecule has 102 valence electrons. The molecule has 0 atom stereocenters. The van der Waals surface area contributed by atoms with Crippen LogP contribution < -0.4 is 10.1 Å². The van der Waals surface area contributed by atoms with E-state index in [0.717, 1.165) is 30.4 Å². The SMILES string of the molecule is CCOc1c(Br)cc(Br)cc1CNc1nnc(C)s1. The maximum atomic E-state index is 5.68. The predicted molar refractivity (Wildman–Crippen MR) is 85.0 cm³/mol. The molecule has 0 radical (unpaired) electrons. The summed E-state index contributed by atoms with van der Waals surface area (Å²) in [5, 5.41) is 13.0. The van der Waals surface area contributed by atoms with Crippen LogP contribution in [-0.4, -0.2) is 16.8 Å². The Morgan fingerprint density at radius 2 is 2.11 bits per heavy atom. The molecule has 1 aromatic heterocycles. The number of anilines is 1. The largest absolute Gasteiger partial charge is 0.492 e. The third-order valence-corrected chi connectivity index (χ3v) is 4.17. The zero-order chi connectivity index (χ0) is 13.8. The van der Waals surface area contributed by atoms with Crippen LogP contribution in [0.4, 0.5) is 5.13 Å². The molecule has 0 aliphatic heterocycles. The van der Waals surface area contributed by atoms with Crippen LogP contribution in [0.25, 0.3) is 0 Å². The van der Waals surface area contributed by atoms with Gasteiger partial charge in [0.05, 0.1) is 11.1 Å². The Labute approximate surface area is 132 Å². The highest BCUT2D eigenvalue weighted by atomic mass is 79.9. The molecule has 7 heteroatoms. The second-order valence-corrected chi connectivity index (χ2v) is 6.74. The van der Waals surface area contributed by atoms with Gasteiger partial charge in [0.1, 0.15) is 10.8 Å². The third-order valence-electron chi connectivity index (χ3n) is 2.33. The second kappa shape index (κ2) is 6.67. The van der Waals surface area contributed by atoms with E-state index in [1.807, 2.05) is 26.0 Å². The summed E-state index contributed by atoms with van der Waals surface area (Å²) in [5.41, 5.74) is 1.07. The number of halogens is 2. The Balaban J connectivity index is 2.18. The molecule has 2 aromatic rings. The molecule has 0 amide bonds. The van der Waals surface area contributed by atoms with Gasteiger partial charge < -0.3 is 10.1 Å². The lowest BCUT2D eigenvalue weighted by Gasteiger charge is -2.13. The Bertz CT molecular complexity index is 574. The first kappa shape index (κ1) is 14.7. The molecular weight excluding hydrogens is 394 g/mol. The summed E-state index contributed by atoms with van der Waals surface area (Å²) in [6.07, 6.45) is 0. The zero-order valence-electron chi connectivity index (χ0n) is 10.5. The summed E-state index contributed by atoms with van der Waals surface area (Å²) in [6, 6.07) is 4.01. The molecule has 0 aliphatic rings. The fourth-order valence-electron chi connectivity index (χ4n) is 1.59. The van der Waals surface area contributed by atoms with Gasteiger partial charge in [-0.3, -0.25) is 0 Å². The molecule has 0 saturated carbocycles. The van der Waals surface area contributed by atoms with E-state index < -0.39 is 0 Å². The summed E-state index contributed by atoms with van der Waals surface area (Å²) < 4.78 is 7.62. The van der Waals surface area contributed by atoms with Gasteiger partial charge in [-0.2, -0.15) is 0 Å². The van der Waals surface area contributed by atoms with Crippen molar-refractivity contribution in [3.63, 3.8) is 0 Å². The minimum Gasteiger partial charge on any atom is -0.492 e. The fraction of sp³-hybridized carbons (Fsp3) is 0.333. The Kier molecular flexibility index (Phi) is 5.18. The minimum absolute atomic E-state index is 0.630. The van der Waals surface area contributed by atoms with E-state index in [2.05, 4.69) is 47.4 Å². The topological polar surface area (TPSA) is 47.0 Å². The van der Waals surface area contributed by atoms with E-state index in [9.17, 15) is 0 Å². The van der Waals surface area contributed by atoms with Crippen LogP contribution in [0.5, 0.6) is 5.75 Å². The Hall–Kier alpha value is -0.660. The highest BCUT2D eigenvalue weighted by Crippen LogP contribution is 2.33. The molecule has 4 nitrogen and oxygen atoms in total. The Morgan fingerprint density at radius 1 is 1.32 bits per heavy atom. The molecule has 0 bridgehead atoms. The molecule has 19 heavy (non-hydrogen) atoms. The van der Waals surface area contributed by atoms with Crippen LogP contribution in [0, 0.1) is 6.92 Å². The molecule has 0 saturated heterocycles. The number of hydrogen-bond donors (Lipinski definition) is 1. The molecule has 0 unspecified atom stereocenters. The highest BCUT2D eigenvalue weighted by Gasteiger charge is 2.10. The van der Waals surface area contributed by atoms with Gasteiger partial charge in [-0.25, -0.2) is 0 Å². The maximum absolute atomic E-state index is 5.68. The summed E-state index contributed by atoms with van der Waals surface area (Å²) in [6.45, 7) is 5.18. The zero-order valence-corrected chi connectivity index (χ0v) is 14.5. The average molecular weight is 407 g/mol. The maximum Gasteiger partial charge on any atom is 0.205 e. The summed E-state index contributed by atoms with van der Waals surface area (Å²) in [5.74, 6) is 0.861.